The standard InChI is InChI=1S/C7H8N2O.C7H10N.C6H11N2/c1-9-5-3-2-4-7(9)6-8-10;1-7-3-5-8(2)6-4-7;1-3-8-5-4-7(2)6-8/h2-6H,1H3;3-6H,1-2H3;4-6H,3H2,1-2H3/q;2*+1/p+1. The molecule has 6 nitrogen and oxygen atoms in total. The lowest BCUT2D eigenvalue weighted by Crippen LogP contribution is -2.32. The quantitative estimate of drug-likeness (QED) is 0.321. The number of imidazole rings is 1. The SMILES string of the molecule is CCn1cc[n+](C)c1.C[n+]1ccccc1/C=N/O.Cc1cc[n+](C)cc1. The van der Waals surface area contributed by atoms with Crippen molar-refractivity contribution in [3.8, 4) is 0 Å². The van der Waals surface area contributed by atoms with E-state index in [1.165, 1.54) is 11.8 Å². The Morgan fingerprint density at radius 3 is 2.12 bits per heavy atom. The summed E-state index contributed by atoms with van der Waals surface area (Å²) in [5.74, 6) is 0. The molecule has 0 saturated carbocycles. The highest BCUT2D eigenvalue weighted by molar-refractivity contribution is 5.74. The van der Waals surface area contributed by atoms with Crippen molar-refractivity contribution in [1.29, 1.82) is 0 Å². The maximum Gasteiger partial charge on any atom is 0.243 e. The van der Waals surface area contributed by atoms with Crippen LogP contribution in [0.4, 0.5) is 0 Å². The topological polar surface area (TPSA) is 49.2 Å². The Balaban J connectivity index is 0.000000197. The number of hydrogen-bond acceptors (Lipinski definition) is 2. The van der Waals surface area contributed by atoms with Crippen LogP contribution in [0, 0.1) is 6.92 Å². The van der Waals surface area contributed by atoms with E-state index in [1.807, 2.05) is 77.8 Å². The first-order chi connectivity index (χ1) is 12.5. The largest absolute Gasteiger partial charge is 0.411 e. The molecule has 0 aliphatic heterocycles. The Kier molecular flexibility index (Phi) is 9.31. The van der Waals surface area contributed by atoms with E-state index in [9.17, 15) is 0 Å². The summed E-state index contributed by atoms with van der Waals surface area (Å²) in [6, 6.07) is 9.82. The third-order valence-corrected chi connectivity index (χ3v) is 3.62. The Bertz CT molecular complexity index is 773. The Morgan fingerprint density at radius 2 is 1.69 bits per heavy atom. The van der Waals surface area contributed by atoms with Crippen LogP contribution in [0.3, 0.4) is 0 Å². The molecule has 3 heterocycles. The number of aromatic nitrogens is 4. The Labute approximate surface area is 155 Å². The zero-order valence-corrected chi connectivity index (χ0v) is 16.3. The lowest BCUT2D eigenvalue weighted by atomic mass is 10.3. The molecule has 0 aliphatic carbocycles. The fourth-order valence-electron chi connectivity index (χ4n) is 1.99. The van der Waals surface area contributed by atoms with Crippen LogP contribution in [-0.2, 0) is 27.7 Å². The molecule has 26 heavy (non-hydrogen) atoms. The first kappa shape index (κ1) is 21.0. The van der Waals surface area contributed by atoms with Crippen molar-refractivity contribution < 1.29 is 18.9 Å². The summed E-state index contributed by atoms with van der Waals surface area (Å²) < 4.78 is 8.04. The van der Waals surface area contributed by atoms with Gasteiger partial charge in [-0.05, 0) is 25.5 Å². The second-order valence-electron chi connectivity index (χ2n) is 5.93. The first-order valence-corrected chi connectivity index (χ1v) is 8.51. The molecule has 6 heteroatoms. The lowest BCUT2D eigenvalue weighted by molar-refractivity contribution is -0.672. The smallest absolute Gasteiger partial charge is 0.243 e. The summed E-state index contributed by atoms with van der Waals surface area (Å²) in [6.45, 7) is 5.26. The van der Waals surface area contributed by atoms with Crippen molar-refractivity contribution in [2.45, 2.75) is 20.4 Å². The minimum Gasteiger partial charge on any atom is -0.411 e. The highest BCUT2D eigenvalue weighted by Gasteiger charge is 1.98. The van der Waals surface area contributed by atoms with Crippen LogP contribution in [0.2, 0.25) is 0 Å². The van der Waals surface area contributed by atoms with Gasteiger partial charge in [0.1, 0.15) is 32.7 Å². The summed E-state index contributed by atoms with van der Waals surface area (Å²) in [7, 11) is 5.92. The van der Waals surface area contributed by atoms with Crippen LogP contribution in [0.1, 0.15) is 18.2 Å². The summed E-state index contributed by atoms with van der Waals surface area (Å²) >= 11 is 0. The molecule has 3 aromatic rings. The normalized spacial score (nSPS) is 9.88. The second-order valence-corrected chi connectivity index (χ2v) is 5.93. The average Bonchev–Trinajstić information content (AvgIpc) is 3.06. The molecule has 0 unspecified atom stereocenters. The van der Waals surface area contributed by atoms with Crippen molar-refractivity contribution in [3.63, 3.8) is 0 Å². The van der Waals surface area contributed by atoms with E-state index in [0.29, 0.717) is 0 Å². The fraction of sp³-hybridized carbons (Fsp3) is 0.300. The van der Waals surface area contributed by atoms with Crippen LogP contribution in [0.25, 0.3) is 0 Å². The molecule has 0 radical (unpaired) electrons. The maximum absolute atomic E-state index is 8.20. The zero-order valence-electron chi connectivity index (χ0n) is 16.3. The summed E-state index contributed by atoms with van der Waals surface area (Å²) in [5.41, 5.74) is 2.17. The van der Waals surface area contributed by atoms with E-state index >= 15 is 0 Å². The van der Waals surface area contributed by atoms with E-state index in [-0.39, 0.29) is 0 Å². The summed E-state index contributed by atoms with van der Waals surface area (Å²) in [6.07, 6.45) is 13.5. The van der Waals surface area contributed by atoms with Gasteiger partial charge in [-0.1, -0.05) is 5.16 Å². The van der Waals surface area contributed by atoms with Crippen molar-refractivity contribution in [2.24, 2.45) is 26.3 Å². The van der Waals surface area contributed by atoms with Gasteiger partial charge in [0.05, 0.1) is 13.6 Å². The highest BCUT2D eigenvalue weighted by Crippen LogP contribution is 1.87. The fourth-order valence-corrected chi connectivity index (χ4v) is 1.99. The van der Waals surface area contributed by atoms with Gasteiger partial charge >= 0.3 is 0 Å². The summed E-state index contributed by atoms with van der Waals surface area (Å²) in [4.78, 5) is 0. The number of pyridine rings is 2. The van der Waals surface area contributed by atoms with Crippen LogP contribution in [0.5, 0.6) is 0 Å². The van der Waals surface area contributed by atoms with Crippen LogP contribution in [-0.4, -0.2) is 16.0 Å². The molecule has 0 bridgehead atoms. The van der Waals surface area contributed by atoms with Gasteiger partial charge in [0.2, 0.25) is 12.0 Å². The van der Waals surface area contributed by atoms with Crippen molar-refractivity contribution in [2.75, 3.05) is 0 Å². The molecule has 0 atom stereocenters. The van der Waals surface area contributed by atoms with Crippen LogP contribution in [0.15, 0.2) is 72.8 Å². The lowest BCUT2D eigenvalue weighted by Gasteiger charge is -1.88. The second kappa shape index (κ2) is 11.5. The van der Waals surface area contributed by atoms with Crippen molar-refractivity contribution in [3.05, 3.63) is 78.9 Å². The molecule has 0 saturated heterocycles. The molecule has 0 amide bonds. The summed E-state index contributed by atoms with van der Waals surface area (Å²) in [5, 5.41) is 11.1. The molecule has 0 aromatic carbocycles. The average molecular weight is 356 g/mol. The van der Waals surface area contributed by atoms with Gasteiger partial charge in [-0.2, -0.15) is 0 Å². The third-order valence-electron chi connectivity index (χ3n) is 3.62. The number of oxime groups is 1. The first-order valence-electron chi connectivity index (χ1n) is 8.51. The molecule has 1 N–H and O–H groups in total. The molecule has 3 aromatic heterocycles. The van der Waals surface area contributed by atoms with E-state index < -0.39 is 0 Å². The minimum atomic E-state index is 0.866. The molecule has 0 fully saturated rings. The van der Waals surface area contributed by atoms with Gasteiger partial charge in [-0.3, -0.25) is 0 Å². The van der Waals surface area contributed by atoms with Crippen molar-refractivity contribution in [1.82, 2.24) is 4.57 Å². The van der Waals surface area contributed by atoms with Gasteiger partial charge in [0, 0.05) is 24.3 Å². The number of nitrogens with zero attached hydrogens (tertiary/aromatic N) is 5. The van der Waals surface area contributed by atoms with Gasteiger partial charge in [-0.15, -0.1) is 0 Å². The molecule has 138 valence electrons. The maximum atomic E-state index is 8.20. The van der Waals surface area contributed by atoms with Gasteiger partial charge in [-0.25, -0.2) is 18.3 Å². The molecule has 3 rings (SSSR count). The predicted molar refractivity (Wildman–Crippen MR) is 101 cm³/mol. The Morgan fingerprint density at radius 1 is 1.00 bits per heavy atom. The predicted octanol–water partition coefficient (Wildman–Crippen LogP) is 1.47. The van der Waals surface area contributed by atoms with Gasteiger partial charge in [0.15, 0.2) is 18.6 Å². The van der Waals surface area contributed by atoms with E-state index in [1.54, 1.807) is 0 Å². The molecule has 0 aliphatic rings. The molecule has 0 spiro atoms. The van der Waals surface area contributed by atoms with Gasteiger partial charge in [0.25, 0.3) is 0 Å². The number of rotatable bonds is 2. The van der Waals surface area contributed by atoms with E-state index in [4.69, 9.17) is 5.21 Å². The van der Waals surface area contributed by atoms with E-state index in [0.717, 1.165) is 12.2 Å². The van der Waals surface area contributed by atoms with Crippen LogP contribution < -0.4 is 13.7 Å². The minimum absolute atomic E-state index is 0.866. The number of aryl methyl sites for hydroxylation is 5. The third kappa shape index (κ3) is 8.19. The molecular formula is C20H30N5O+3. The highest BCUT2D eigenvalue weighted by atomic mass is 16.4. The number of hydrogen-bond donors (Lipinski definition) is 1. The zero-order chi connectivity index (χ0) is 19.4. The van der Waals surface area contributed by atoms with Crippen LogP contribution >= 0.6 is 0 Å². The van der Waals surface area contributed by atoms with E-state index in [2.05, 4.69) is 48.2 Å². The molecular weight excluding hydrogens is 326 g/mol. The van der Waals surface area contributed by atoms with Crippen molar-refractivity contribution >= 4 is 6.21 Å². The monoisotopic (exact) mass is 356 g/mol. The Hall–Kier alpha value is -3.02. The van der Waals surface area contributed by atoms with Gasteiger partial charge < -0.3 is 5.21 Å².